The van der Waals surface area contributed by atoms with E-state index >= 15 is 0 Å². The minimum Gasteiger partial charge on any atom is -0.395 e. The summed E-state index contributed by atoms with van der Waals surface area (Å²) in [4.78, 5) is 38.7. The van der Waals surface area contributed by atoms with Crippen LogP contribution in [0.15, 0.2) is 65.1 Å². The Bertz CT molecular complexity index is 1160. The standard InChI is InChI=1S/C22H19ClN4O5/c23-17-14-16(24-21(28)19-8-9-20(32-19)27(30)31)6-7-18(17)25-10-12-26(13-11-25)22(29)15-4-2-1-3-5-15/h1-9,14H,10-13H2,(H,24,28). The fourth-order valence-corrected chi connectivity index (χ4v) is 3.80. The number of carbonyl (C=O) groups is 2. The van der Waals surface area contributed by atoms with Gasteiger partial charge in [0.25, 0.3) is 11.8 Å². The van der Waals surface area contributed by atoms with Crippen LogP contribution < -0.4 is 10.2 Å². The topological polar surface area (TPSA) is 109 Å². The van der Waals surface area contributed by atoms with Gasteiger partial charge in [0.1, 0.15) is 4.92 Å². The monoisotopic (exact) mass is 454 g/mol. The van der Waals surface area contributed by atoms with Crippen molar-refractivity contribution in [1.29, 1.82) is 0 Å². The number of benzene rings is 2. The van der Waals surface area contributed by atoms with Crippen molar-refractivity contribution in [3.8, 4) is 0 Å². The number of furan rings is 1. The summed E-state index contributed by atoms with van der Waals surface area (Å²) in [5, 5.41) is 13.7. The zero-order chi connectivity index (χ0) is 22.7. The first kappa shape index (κ1) is 21.4. The minimum atomic E-state index is -0.713. The number of rotatable bonds is 5. The van der Waals surface area contributed by atoms with Gasteiger partial charge in [-0.25, -0.2) is 0 Å². The highest BCUT2D eigenvalue weighted by Gasteiger charge is 2.24. The van der Waals surface area contributed by atoms with E-state index in [4.69, 9.17) is 16.0 Å². The third-order valence-electron chi connectivity index (χ3n) is 5.13. The number of halogens is 1. The highest BCUT2D eigenvalue weighted by Crippen LogP contribution is 2.30. The van der Waals surface area contributed by atoms with Gasteiger partial charge in [0.15, 0.2) is 5.76 Å². The molecule has 9 nitrogen and oxygen atoms in total. The number of carbonyl (C=O) groups excluding carboxylic acids is 2. The molecule has 10 heteroatoms. The number of amides is 2. The van der Waals surface area contributed by atoms with Crippen LogP contribution in [0.25, 0.3) is 0 Å². The van der Waals surface area contributed by atoms with E-state index in [-0.39, 0.29) is 11.7 Å². The Balaban J connectivity index is 1.38. The van der Waals surface area contributed by atoms with Crippen molar-refractivity contribution in [1.82, 2.24) is 4.90 Å². The van der Waals surface area contributed by atoms with Crippen molar-refractivity contribution < 1.29 is 18.9 Å². The molecule has 1 N–H and O–H groups in total. The number of anilines is 2. The predicted octanol–water partition coefficient (Wildman–Crippen LogP) is 4.06. The highest BCUT2D eigenvalue weighted by molar-refractivity contribution is 6.33. The molecule has 164 valence electrons. The lowest BCUT2D eigenvalue weighted by Crippen LogP contribution is -2.48. The highest BCUT2D eigenvalue weighted by atomic mass is 35.5. The van der Waals surface area contributed by atoms with Crippen molar-refractivity contribution in [3.63, 3.8) is 0 Å². The molecule has 0 radical (unpaired) electrons. The molecule has 1 aliphatic rings. The lowest BCUT2D eigenvalue weighted by molar-refractivity contribution is -0.402. The number of hydrogen-bond donors (Lipinski definition) is 1. The molecule has 0 aliphatic carbocycles. The van der Waals surface area contributed by atoms with Gasteiger partial charge in [-0.1, -0.05) is 29.8 Å². The van der Waals surface area contributed by atoms with E-state index < -0.39 is 16.7 Å². The fraction of sp³-hybridized carbons (Fsp3) is 0.182. The van der Waals surface area contributed by atoms with Crippen LogP contribution in [-0.2, 0) is 0 Å². The minimum absolute atomic E-state index is 0.00701. The van der Waals surface area contributed by atoms with Gasteiger partial charge in [-0.2, -0.15) is 0 Å². The molecule has 32 heavy (non-hydrogen) atoms. The molecule has 1 saturated heterocycles. The number of piperazine rings is 1. The molecular formula is C22H19ClN4O5. The van der Waals surface area contributed by atoms with E-state index in [1.54, 1.807) is 30.3 Å². The molecule has 0 atom stereocenters. The molecule has 1 aromatic heterocycles. The molecule has 3 aromatic rings. The largest absolute Gasteiger partial charge is 0.433 e. The Morgan fingerprint density at radius 3 is 2.34 bits per heavy atom. The van der Waals surface area contributed by atoms with Crippen LogP contribution in [-0.4, -0.2) is 47.8 Å². The molecular weight excluding hydrogens is 436 g/mol. The maximum atomic E-state index is 12.6. The third kappa shape index (κ3) is 4.57. The van der Waals surface area contributed by atoms with Crippen LogP contribution in [0, 0.1) is 10.1 Å². The summed E-state index contributed by atoms with van der Waals surface area (Å²) < 4.78 is 4.90. The average molecular weight is 455 g/mol. The van der Waals surface area contributed by atoms with Crippen molar-refractivity contribution in [2.75, 3.05) is 36.4 Å². The molecule has 1 fully saturated rings. The Morgan fingerprint density at radius 2 is 1.72 bits per heavy atom. The Morgan fingerprint density at radius 1 is 1.00 bits per heavy atom. The van der Waals surface area contributed by atoms with Crippen molar-refractivity contribution in [3.05, 3.63) is 87.1 Å². The van der Waals surface area contributed by atoms with Gasteiger partial charge in [0, 0.05) is 37.4 Å². The van der Waals surface area contributed by atoms with E-state index in [9.17, 15) is 19.7 Å². The van der Waals surface area contributed by atoms with Crippen LogP contribution in [0.4, 0.5) is 17.3 Å². The van der Waals surface area contributed by atoms with Gasteiger partial charge in [-0.05, 0) is 36.4 Å². The van der Waals surface area contributed by atoms with Crippen LogP contribution in [0.3, 0.4) is 0 Å². The van der Waals surface area contributed by atoms with Gasteiger partial charge < -0.3 is 19.5 Å². The third-order valence-corrected chi connectivity index (χ3v) is 5.43. The normalized spacial score (nSPS) is 13.7. The molecule has 0 bridgehead atoms. The zero-order valence-corrected chi connectivity index (χ0v) is 17.6. The zero-order valence-electron chi connectivity index (χ0n) is 16.9. The van der Waals surface area contributed by atoms with E-state index in [1.165, 1.54) is 6.07 Å². The number of nitro groups is 1. The first-order valence-corrected chi connectivity index (χ1v) is 10.2. The fourth-order valence-electron chi connectivity index (χ4n) is 3.50. The predicted molar refractivity (Wildman–Crippen MR) is 119 cm³/mol. The Hall–Kier alpha value is -3.85. The van der Waals surface area contributed by atoms with E-state index in [0.717, 1.165) is 11.8 Å². The first-order valence-electron chi connectivity index (χ1n) is 9.87. The van der Waals surface area contributed by atoms with E-state index in [2.05, 4.69) is 10.2 Å². The van der Waals surface area contributed by atoms with Crippen molar-refractivity contribution >= 4 is 40.7 Å². The molecule has 2 aromatic carbocycles. The molecule has 2 heterocycles. The number of nitrogens with zero attached hydrogens (tertiary/aromatic N) is 3. The van der Waals surface area contributed by atoms with Crippen LogP contribution in [0.2, 0.25) is 5.02 Å². The second-order valence-electron chi connectivity index (χ2n) is 7.16. The lowest BCUT2D eigenvalue weighted by Gasteiger charge is -2.36. The summed E-state index contributed by atoms with van der Waals surface area (Å²) in [5.41, 5.74) is 1.90. The summed E-state index contributed by atoms with van der Waals surface area (Å²) in [6.07, 6.45) is 0. The smallest absolute Gasteiger partial charge is 0.395 e. The summed E-state index contributed by atoms with van der Waals surface area (Å²) in [7, 11) is 0. The van der Waals surface area contributed by atoms with Crippen LogP contribution >= 0.6 is 11.6 Å². The Labute approximate surface area is 188 Å². The average Bonchev–Trinajstić information content (AvgIpc) is 3.31. The second kappa shape index (κ2) is 9.11. The molecule has 0 unspecified atom stereocenters. The van der Waals surface area contributed by atoms with Gasteiger partial charge in [-0.3, -0.25) is 19.7 Å². The Kier molecular flexibility index (Phi) is 6.09. The van der Waals surface area contributed by atoms with Crippen LogP contribution in [0.1, 0.15) is 20.9 Å². The molecule has 0 spiro atoms. The van der Waals surface area contributed by atoms with Crippen molar-refractivity contribution in [2.24, 2.45) is 0 Å². The summed E-state index contributed by atoms with van der Waals surface area (Å²) >= 11 is 6.45. The van der Waals surface area contributed by atoms with E-state index in [0.29, 0.717) is 42.5 Å². The summed E-state index contributed by atoms with van der Waals surface area (Å²) in [6.45, 7) is 2.39. The molecule has 0 saturated carbocycles. The molecule has 2 amide bonds. The number of nitrogens with one attached hydrogen (secondary N) is 1. The lowest BCUT2D eigenvalue weighted by atomic mass is 10.1. The van der Waals surface area contributed by atoms with Gasteiger partial charge in [-0.15, -0.1) is 0 Å². The molecule has 4 rings (SSSR count). The van der Waals surface area contributed by atoms with Gasteiger partial charge in [0.2, 0.25) is 0 Å². The maximum Gasteiger partial charge on any atom is 0.433 e. The van der Waals surface area contributed by atoms with E-state index in [1.807, 2.05) is 23.1 Å². The van der Waals surface area contributed by atoms with Gasteiger partial charge in [0.05, 0.1) is 16.8 Å². The summed E-state index contributed by atoms with van der Waals surface area (Å²) in [5.74, 6) is -1.29. The first-order chi connectivity index (χ1) is 15.4. The maximum absolute atomic E-state index is 12.6. The summed E-state index contributed by atoms with van der Waals surface area (Å²) in [6, 6.07) is 16.6. The number of hydrogen-bond acceptors (Lipinski definition) is 6. The SMILES string of the molecule is O=C(Nc1ccc(N2CCN(C(=O)c3ccccc3)CC2)c(Cl)c1)c1ccc([N+](=O)[O-])o1. The van der Waals surface area contributed by atoms with Gasteiger partial charge >= 0.3 is 5.88 Å². The van der Waals surface area contributed by atoms with Crippen molar-refractivity contribution in [2.45, 2.75) is 0 Å². The molecule has 1 aliphatic heterocycles. The quantitative estimate of drug-likeness (QED) is 0.460. The second-order valence-corrected chi connectivity index (χ2v) is 7.57. The van der Waals surface area contributed by atoms with Crippen LogP contribution in [0.5, 0.6) is 0 Å².